The van der Waals surface area contributed by atoms with Gasteiger partial charge in [-0.25, -0.2) is 0 Å². The third-order valence-corrected chi connectivity index (χ3v) is 4.96. The highest BCUT2D eigenvalue weighted by molar-refractivity contribution is 6.76. The van der Waals surface area contributed by atoms with Crippen molar-refractivity contribution in [2.75, 3.05) is 20.4 Å². The molecule has 0 atom stereocenters. The van der Waals surface area contributed by atoms with Gasteiger partial charge in [-0.2, -0.15) is 0 Å². The van der Waals surface area contributed by atoms with Gasteiger partial charge in [-0.15, -0.1) is 0 Å². The van der Waals surface area contributed by atoms with Crippen molar-refractivity contribution in [3.63, 3.8) is 0 Å². The molecule has 0 N–H and O–H groups in total. The van der Waals surface area contributed by atoms with Crippen LogP contribution in [-0.4, -0.2) is 37.3 Å². The molecule has 0 aliphatic heterocycles. The summed E-state index contributed by atoms with van der Waals surface area (Å²) in [5.74, 6) is 0. The minimum absolute atomic E-state index is 0.803. The topological polar surface area (TPSA) is 27.7 Å². The zero-order valence-corrected chi connectivity index (χ0v) is 10.9. The van der Waals surface area contributed by atoms with Gasteiger partial charge in [-0.05, 0) is 0 Å². The summed E-state index contributed by atoms with van der Waals surface area (Å²) in [6.07, 6.45) is 0.803. The van der Waals surface area contributed by atoms with Crippen LogP contribution in [0.5, 0.6) is 0 Å². The van der Waals surface area contributed by atoms with Crippen LogP contribution in [0.25, 0.3) is 0 Å². The fourth-order valence-corrected chi connectivity index (χ4v) is 3.73. The standard InChI is InChI=1S/C7H20O3Si2/c1-8-12(6,9-2)10-7-11(3,4)5/h7H2,1-6H3. The van der Waals surface area contributed by atoms with Crippen LogP contribution in [0.1, 0.15) is 0 Å². The first-order valence-electron chi connectivity index (χ1n) is 4.07. The molecule has 0 radical (unpaired) electrons. The number of hydrogen-bond acceptors (Lipinski definition) is 3. The molecule has 0 aromatic heterocycles. The maximum absolute atomic E-state index is 5.65. The quantitative estimate of drug-likeness (QED) is 0.644. The molecule has 0 fully saturated rings. The van der Waals surface area contributed by atoms with Crippen molar-refractivity contribution in [1.29, 1.82) is 0 Å². The third-order valence-electron chi connectivity index (χ3n) is 1.51. The van der Waals surface area contributed by atoms with Crippen molar-refractivity contribution >= 4 is 16.9 Å². The minimum atomic E-state index is -2.27. The monoisotopic (exact) mass is 208 g/mol. The van der Waals surface area contributed by atoms with Gasteiger partial charge in [-0.1, -0.05) is 19.6 Å². The van der Waals surface area contributed by atoms with Crippen molar-refractivity contribution in [2.45, 2.75) is 26.2 Å². The second-order valence-electron chi connectivity index (χ2n) is 4.12. The lowest BCUT2D eigenvalue weighted by molar-refractivity contribution is 0.122. The molecule has 12 heavy (non-hydrogen) atoms. The summed E-state index contributed by atoms with van der Waals surface area (Å²) >= 11 is 0. The summed E-state index contributed by atoms with van der Waals surface area (Å²) in [5.41, 5.74) is 0. The Labute approximate surface area is 77.4 Å². The maximum atomic E-state index is 5.65. The molecule has 0 saturated carbocycles. The van der Waals surface area contributed by atoms with Crippen LogP contribution in [0, 0.1) is 0 Å². The van der Waals surface area contributed by atoms with E-state index in [1.807, 2.05) is 6.55 Å². The van der Waals surface area contributed by atoms with Crippen molar-refractivity contribution in [1.82, 2.24) is 0 Å². The SMILES string of the molecule is CO[Si](C)(OC)OC[Si](C)(C)C. The molecule has 0 aromatic carbocycles. The second kappa shape index (κ2) is 4.52. The Morgan fingerprint density at radius 3 is 1.58 bits per heavy atom. The lowest BCUT2D eigenvalue weighted by Crippen LogP contribution is -2.44. The Balaban J connectivity index is 3.89. The maximum Gasteiger partial charge on any atom is 0.496 e. The molecule has 0 unspecified atom stereocenters. The van der Waals surface area contributed by atoms with Crippen molar-refractivity contribution in [3.05, 3.63) is 0 Å². The zero-order valence-electron chi connectivity index (χ0n) is 8.93. The van der Waals surface area contributed by atoms with E-state index in [2.05, 4.69) is 19.6 Å². The summed E-state index contributed by atoms with van der Waals surface area (Å²) < 4.78 is 16.0. The Hall–Kier alpha value is 0.314. The average Bonchev–Trinajstić information content (AvgIpc) is 1.99. The van der Waals surface area contributed by atoms with Gasteiger partial charge >= 0.3 is 8.80 Å². The fraction of sp³-hybridized carbons (Fsp3) is 1.00. The normalized spacial score (nSPS) is 13.5. The molecule has 0 amide bonds. The minimum Gasteiger partial charge on any atom is -0.377 e. The Bertz CT molecular complexity index is 129. The molecular formula is C7H20O3Si2. The van der Waals surface area contributed by atoms with E-state index in [-0.39, 0.29) is 0 Å². The first kappa shape index (κ1) is 12.3. The smallest absolute Gasteiger partial charge is 0.377 e. The molecular weight excluding hydrogens is 188 g/mol. The zero-order chi connectivity index (χ0) is 9.83. The summed E-state index contributed by atoms with van der Waals surface area (Å²) in [6, 6.07) is 0. The average molecular weight is 208 g/mol. The van der Waals surface area contributed by atoms with E-state index in [0.717, 1.165) is 6.23 Å². The second-order valence-corrected chi connectivity index (χ2v) is 12.4. The highest BCUT2D eigenvalue weighted by atomic mass is 28.4. The third kappa shape index (κ3) is 5.05. The Morgan fingerprint density at radius 1 is 0.917 bits per heavy atom. The highest BCUT2D eigenvalue weighted by Gasteiger charge is 2.33. The van der Waals surface area contributed by atoms with Gasteiger partial charge in [0.05, 0.1) is 8.07 Å². The van der Waals surface area contributed by atoms with Crippen molar-refractivity contribution in [2.24, 2.45) is 0 Å². The van der Waals surface area contributed by atoms with Crippen LogP contribution < -0.4 is 0 Å². The molecule has 0 aromatic rings. The van der Waals surface area contributed by atoms with Crippen LogP contribution in [0.4, 0.5) is 0 Å². The van der Waals surface area contributed by atoms with Gasteiger partial charge in [0, 0.05) is 27.0 Å². The summed E-state index contributed by atoms with van der Waals surface area (Å²) in [4.78, 5) is 0. The first-order chi connectivity index (χ1) is 5.33. The lowest BCUT2D eigenvalue weighted by Gasteiger charge is -2.26. The summed E-state index contributed by atoms with van der Waals surface area (Å²) in [5, 5.41) is 0. The largest absolute Gasteiger partial charge is 0.496 e. The van der Waals surface area contributed by atoms with Crippen molar-refractivity contribution in [3.8, 4) is 0 Å². The van der Waals surface area contributed by atoms with E-state index in [4.69, 9.17) is 13.3 Å². The Morgan fingerprint density at radius 2 is 1.33 bits per heavy atom. The van der Waals surface area contributed by atoms with Gasteiger partial charge in [-0.3, -0.25) is 0 Å². The van der Waals surface area contributed by atoms with E-state index in [1.54, 1.807) is 14.2 Å². The van der Waals surface area contributed by atoms with Gasteiger partial charge in [0.25, 0.3) is 0 Å². The molecule has 74 valence electrons. The summed E-state index contributed by atoms with van der Waals surface area (Å²) in [6.45, 7) is 8.68. The first-order valence-corrected chi connectivity index (χ1v) is 10.0. The Kier molecular flexibility index (Phi) is 4.64. The predicted octanol–water partition coefficient (Wildman–Crippen LogP) is 1.74. The molecule has 0 rings (SSSR count). The van der Waals surface area contributed by atoms with Crippen LogP contribution in [0.2, 0.25) is 26.2 Å². The summed E-state index contributed by atoms with van der Waals surface area (Å²) in [7, 11) is -0.142. The van der Waals surface area contributed by atoms with Gasteiger partial charge in [0.1, 0.15) is 0 Å². The van der Waals surface area contributed by atoms with E-state index in [1.165, 1.54) is 0 Å². The van der Waals surface area contributed by atoms with Gasteiger partial charge in [0.2, 0.25) is 0 Å². The molecule has 5 heteroatoms. The number of hydrogen-bond donors (Lipinski definition) is 0. The van der Waals surface area contributed by atoms with Crippen LogP contribution in [-0.2, 0) is 13.3 Å². The molecule has 3 nitrogen and oxygen atoms in total. The van der Waals surface area contributed by atoms with E-state index in [9.17, 15) is 0 Å². The fourth-order valence-electron chi connectivity index (χ4n) is 0.549. The van der Waals surface area contributed by atoms with E-state index in [0.29, 0.717) is 0 Å². The van der Waals surface area contributed by atoms with Crippen LogP contribution >= 0.6 is 0 Å². The molecule has 0 bridgehead atoms. The van der Waals surface area contributed by atoms with Crippen molar-refractivity contribution < 1.29 is 13.3 Å². The molecule has 0 heterocycles. The van der Waals surface area contributed by atoms with Crippen LogP contribution in [0.3, 0.4) is 0 Å². The van der Waals surface area contributed by atoms with E-state index >= 15 is 0 Å². The van der Waals surface area contributed by atoms with Crippen LogP contribution in [0.15, 0.2) is 0 Å². The molecule has 0 saturated heterocycles. The molecule has 0 spiro atoms. The lowest BCUT2D eigenvalue weighted by atomic mass is 11.7. The number of rotatable bonds is 5. The van der Waals surface area contributed by atoms with E-state index < -0.39 is 16.9 Å². The molecule has 0 aliphatic rings. The van der Waals surface area contributed by atoms with Gasteiger partial charge in [0.15, 0.2) is 0 Å². The van der Waals surface area contributed by atoms with Gasteiger partial charge < -0.3 is 13.3 Å². The molecule has 0 aliphatic carbocycles. The predicted molar refractivity (Wildman–Crippen MR) is 54.9 cm³/mol. The highest BCUT2D eigenvalue weighted by Crippen LogP contribution is 2.10.